The molecule has 0 aliphatic rings. The highest BCUT2D eigenvalue weighted by atomic mass is 35.5. The van der Waals surface area contributed by atoms with Crippen LogP contribution in [0.4, 0.5) is 5.69 Å². The van der Waals surface area contributed by atoms with Crippen molar-refractivity contribution in [1.82, 2.24) is 4.98 Å². The number of carbonyl (C=O) groups excluding carboxylic acids is 1. The average Bonchev–Trinajstić information content (AvgIpc) is 2.35. The molecule has 86 valence electrons. The number of amides is 1. The lowest BCUT2D eigenvalue weighted by Gasteiger charge is -2.05. The van der Waals surface area contributed by atoms with E-state index in [1.54, 1.807) is 30.5 Å². The number of anilines is 1. The molecule has 2 rings (SSSR count). The van der Waals surface area contributed by atoms with Gasteiger partial charge in [-0.25, -0.2) is 0 Å². The highest BCUT2D eigenvalue weighted by Crippen LogP contribution is 2.26. The van der Waals surface area contributed by atoms with Gasteiger partial charge in [-0.1, -0.05) is 17.7 Å². The summed E-state index contributed by atoms with van der Waals surface area (Å²) < 4.78 is 0. The Bertz CT molecular complexity index is 543. The van der Waals surface area contributed by atoms with Gasteiger partial charge in [0.25, 0.3) is 5.91 Å². The molecule has 0 saturated heterocycles. The van der Waals surface area contributed by atoms with Gasteiger partial charge in [0.05, 0.1) is 5.02 Å². The Hall–Kier alpha value is -2.07. The van der Waals surface area contributed by atoms with Gasteiger partial charge in [-0.3, -0.25) is 9.78 Å². The van der Waals surface area contributed by atoms with Crippen LogP contribution in [0.1, 0.15) is 10.5 Å². The fourth-order valence-electron chi connectivity index (χ4n) is 1.28. The number of benzene rings is 1. The van der Waals surface area contributed by atoms with Crippen LogP contribution < -0.4 is 5.32 Å². The van der Waals surface area contributed by atoms with Crippen LogP contribution >= 0.6 is 11.6 Å². The van der Waals surface area contributed by atoms with E-state index in [1.807, 2.05) is 0 Å². The first-order valence-corrected chi connectivity index (χ1v) is 5.25. The molecule has 1 heterocycles. The number of phenolic OH excluding ortho intramolecular Hbond substituents is 1. The van der Waals surface area contributed by atoms with Gasteiger partial charge in [0, 0.05) is 11.9 Å². The van der Waals surface area contributed by atoms with Gasteiger partial charge in [-0.15, -0.1) is 0 Å². The number of rotatable bonds is 2. The van der Waals surface area contributed by atoms with Crippen molar-refractivity contribution in [1.29, 1.82) is 0 Å². The summed E-state index contributed by atoms with van der Waals surface area (Å²) in [4.78, 5) is 15.7. The third-order valence-corrected chi connectivity index (χ3v) is 2.41. The first-order valence-electron chi connectivity index (χ1n) is 4.88. The van der Waals surface area contributed by atoms with Crippen molar-refractivity contribution in [2.45, 2.75) is 0 Å². The SMILES string of the molecule is O=C(Nc1ccc(O)c(Cl)c1)c1ccccn1. The fraction of sp³-hybridized carbons (Fsp3) is 0. The second kappa shape index (κ2) is 4.84. The quantitative estimate of drug-likeness (QED) is 0.804. The van der Waals surface area contributed by atoms with Crippen molar-refractivity contribution in [3.8, 4) is 5.75 Å². The molecular weight excluding hydrogens is 240 g/mol. The highest BCUT2D eigenvalue weighted by Gasteiger charge is 2.07. The lowest BCUT2D eigenvalue weighted by Crippen LogP contribution is -2.13. The van der Waals surface area contributed by atoms with E-state index in [0.29, 0.717) is 11.4 Å². The summed E-state index contributed by atoms with van der Waals surface area (Å²) in [5.74, 6) is -0.352. The molecule has 1 amide bonds. The van der Waals surface area contributed by atoms with Gasteiger partial charge < -0.3 is 10.4 Å². The monoisotopic (exact) mass is 248 g/mol. The van der Waals surface area contributed by atoms with Crippen LogP contribution in [-0.4, -0.2) is 16.0 Å². The maximum Gasteiger partial charge on any atom is 0.274 e. The summed E-state index contributed by atoms with van der Waals surface area (Å²) in [6.07, 6.45) is 1.54. The molecule has 2 aromatic rings. The highest BCUT2D eigenvalue weighted by molar-refractivity contribution is 6.32. The van der Waals surface area contributed by atoms with E-state index >= 15 is 0 Å². The molecule has 1 aromatic carbocycles. The van der Waals surface area contributed by atoms with E-state index in [1.165, 1.54) is 12.1 Å². The number of phenols is 1. The number of pyridine rings is 1. The molecule has 5 heteroatoms. The van der Waals surface area contributed by atoms with Crippen molar-refractivity contribution in [2.24, 2.45) is 0 Å². The van der Waals surface area contributed by atoms with Crippen LogP contribution in [0.15, 0.2) is 42.6 Å². The van der Waals surface area contributed by atoms with E-state index in [4.69, 9.17) is 11.6 Å². The minimum absolute atomic E-state index is 0.0255. The van der Waals surface area contributed by atoms with Crippen LogP contribution in [0.3, 0.4) is 0 Å². The first kappa shape index (κ1) is 11.4. The lowest BCUT2D eigenvalue weighted by atomic mass is 10.3. The van der Waals surface area contributed by atoms with Crippen molar-refractivity contribution in [2.75, 3.05) is 5.32 Å². The molecule has 0 bridgehead atoms. The summed E-state index contributed by atoms with van der Waals surface area (Å²) in [7, 11) is 0. The maximum atomic E-state index is 11.7. The van der Waals surface area contributed by atoms with Gasteiger partial charge in [0.15, 0.2) is 0 Å². The molecule has 0 aliphatic heterocycles. The van der Waals surface area contributed by atoms with Gasteiger partial charge in [-0.2, -0.15) is 0 Å². The Morgan fingerprint density at radius 3 is 2.76 bits per heavy atom. The van der Waals surface area contributed by atoms with Gasteiger partial charge in [0.1, 0.15) is 11.4 Å². The average molecular weight is 249 g/mol. The topological polar surface area (TPSA) is 62.2 Å². The van der Waals surface area contributed by atoms with Gasteiger partial charge in [-0.05, 0) is 30.3 Å². The van der Waals surface area contributed by atoms with Crippen molar-refractivity contribution >= 4 is 23.2 Å². The summed E-state index contributed by atoms with van der Waals surface area (Å²) in [5.41, 5.74) is 0.820. The molecule has 17 heavy (non-hydrogen) atoms. The normalized spacial score (nSPS) is 9.94. The van der Waals surface area contributed by atoms with E-state index in [0.717, 1.165) is 0 Å². The van der Waals surface area contributed by atoms with Crippen LogP contribution in [0.2, 0.25) is 5.02 Å². The number of hydrogen-bond acceptors (Lipinski definition) is 3. The minimum atomic E-state index is -0.327. The number of aromatic nitrogens is 1. The molecule has 2 N–H and O–H groups in total. The minimum Gasteiger partial charge on any atom is -0.506 e. The first-order chi connectivity index (χ1) is 8.16. The third kappa shape index (κ3) is 2.73. The molecule has 0 saturated carbocycles. The van der Waals surface area contributed by atoms with E-state index in [9.17, 15) is 9.90 Å². The summed E-state index contributed by atoms with van der Waals surface area (Å²) in [6.45, 7) is 0. The Balaban J connectivity index is 2.16. The predicted octanol–water partition coefficient (Wildman–Crippen LogP) is 2.69. The Labute approximate surface area is 103 Å². The standard InChI is InChI=1S/C12H9ClN2O2/c13-9-7-8(4-5-11(9)16)15-12(17)10-3-1-2-6-14-10/h1-7,16H,(H,15,17). The van der Waals surface area contributed by atoms with Gasteiger partial charge in [0.2, 0.25) is 0 Å². The van der Waals surface area contributed by atoms with E-state index in [2.05, 4.69) is 10.3 Å². The van der Waals surface area contributed by atoms with Gasteiger partial charge >= 0.3 is 0 Å². The Kier molecular flexibility index (Phi) is 3.25. The molecule has 0 spiro atoms. The molecule has 0 fully saturated rings. The van der Waals surface area contributed by atoms with Crippen LogP contribution in [0, 0.1) is 0 Å². The second-order valence-corrected chi connectivity index (χ2v) is 3.74. The second-order valence-electron chi connectivity index (χ2n) is 3.34. The number of halogens is 1. The molecule has 1 aromatic heterocycles. The van der Waals surface area contributed by atoms with Crippen molar-refractivity contribution in [3.05, 3.63) is 53.3 Å². The Morgan fingerprint density at radius 2 is 2.12 bits per heavy atom. The van der Waals surface area contributed by atoms with E-state index < -0.39 is 0 Å². The summed E-state index contributed by atoms with van der Waals surface area (Å²) in [5, 5.41) is 12.1. The number of carbonyl (C=O) groups is 1. The number of nitrogens with zero attached hydrogens (tertiary/aromatic N) is 1. The summed E-state index contributed by atoms with van der Waals surface area (Å²) in [6, 6.07) is 9.51. The zero-order valence-corrected chi connectivity index (χ0v) is 9.48. The fourth-order valence-corrected chi connectivity index (χ4v) is 1.46. The number of nitrogens with one attached hydrogen (secondary N) is 1. The molecule has 0 radical (unpaired) electrons. The molecule has 4 nitrogen and oxygen atoms in total. The Morgan fingerprint density at radius 1 is 1.29 bits per heavy atom. The number of hydrogen-bond donors (Lipinski definition) is 2. The summed E-state index contributed by atoms with van der Waals surface area (Å²) >= 11 is 5.73. The largest absolute Gasteiger partial charge is 0.506 e. The smallest absolute Gasteiger partial charge is 0.274 e. The zero-order chi connectivity index (χ0) is 12.3. The maximum absolute atomic E-state index is 11.7. The van der Waals surface area contributed by atoms with Crippen molar-refractivity contribution < 1.29 is 9.90 Å². The number of aromatic hydroxyl groups is 1. The van der Waals surface area contributed by atoms with E-state index in [-0.39, 0.29) is 16.7 Å². The van der Waals surface area contributed by atoms with Crippen LogP contribution in [0.5, 0.6) is 5.75 Å². The lowest BCUT2D eigenvalue weighted by molar-refractivity contribution is 0.102. The van der Waals surface area contributed by atoms with Crippen LogP contribution in [-0.2, 0) is 0 Å². The molecule has 0 unspecified atom stereocenters. The van der Waals surface area contributed by atoms with Crippen LogP contribution in [0.25, 0.3) is 0 Å². The molecular formula is C12H9ClN2O2. The molecule has 0 aliphatic carbocycles. The predicted molar refractivity (Wildman–Crippen MR) is 65.3 cm³/mol. The molecule has 0 atom stereocenters. The zero-order valence-electron chi connectivity index (χ0n) is 8.72. The third-order valence-electron chi connectivity index (χ3n) is 2.10. The van der Waals surface area contributed by atoms with Crippen molar-refractivity contribution in [3.63, 3.8) is 0 Å².